The summed E-state index contributed by atoms with van der Waals surface area (Å²) < 4.78 is 5.39. The Morgan fingerprint density at radius 3 is 2.36 bits per heavy atom. The van der Waals surface area contributed by atoms with Crippen LogP contribution >= 0.6 is 11.8 Å². The molecule has 0 bridgehead atoms. The van der Waals surface area contributed by atoms with E-state index in [9.17, 15) is 9.59 Å². The van der Waals surface area contributed by atoms with Crippen molar-refractivity contribution < 1.29 is 14.0 Å². The van der Waals surface area contributed by atoms with Crippen LogP contribution in [-0.4, -0.2) is 11.8 Å². The molecule has 1 aliphatic heterocycles. The van der Waals surface area contributed by atoms with Gasteiger partial charge in [-0.15, -0.1) is 11.8 Å². The quantitative estimate of drug-likeness (QED) is 0.569. The summed E-state index contributed by atoms with van der Waals surface area (Å²) >= 11 is 1.34. The Labute approximate surface area is 167 Å². The number of anilines is 1. The molecule has 1 aliphatic rings. The number of amides is 2. The van der Waals surface area contributed by atoms with E-state index in [1.807, 2.05) is 62.4 Å². The maximum absolute atomic E-state index is 13.3. The molecule has 0 N–H and O–H groups in total. The van der Waals surface area contributed by atoms with E-state index in [1.165, 1.54) is 16.7 Å². The van der Waals surface area contributed by atoms with Gasteiger partial charge in [-0.25, -0.2) is 4.90 Å². The van der Waals surface area contributed by atoms with Crippen molar-refractivity contribution in [3.63, 3.8) is 0 Å². The molecule has 28 heavy (non-hydrogen) atoms. The van der Waals surface area contributed by atoms with Crippen molar-refractivity contribution >= 4 is 34.8 Å². The second kappa shape index (κ2) is 7.52. The summed E-state index contributed by atoms with van der Waals surface area (Å²) in [6.07, 6.45) is 1.60. The lowest BCUT2D eigenvalue weighted by Crippen LogP contribution is -2.31. The minimum atomic E-state index is -0.291. The predicted molar refractivity (Wildman–Crippen MR) is 112 cm³/mol. The molecule has 2 heterocycles. The smallest absolute Gasteiger partial charge is 0.272 e. The van der Waals surface area contributed by atoms with Gasteiger partial charge in [-0.05, 0) is 54.8 Å². The van der Waals surface area contributed by atoms with Gasteiger partial charge in [0.1, 0.15) is 5.76 Å². The number of thioether (sulfide) groups is 1. The fourth-order valence-electron chi connectivity index (χ4n) is 3.14. The molecule has 1 aromatic heterocycles. The molecule has 5 heteroatoms. The van der Waals surface area contributed by atoms with Gasteiger partial charge in [0.2, 0.25) is 0 Å². The highest BCUT2D eigenvalue weighted by molar-refractivity contribution is 8.03. The van der Waals surface area contributed by atoms with Gasteiger partial charge < -0.3 is 4.42 Å². The Morgan fingerprint density at radius 1 is 0.893 bits per heavy atom. The number of carbonyl (C=O) groups is 2. The van der Waals surface area contributed by atoms with Gasteiger partial charge >= 0.3 is 0 Å². The summed E-state index contributed by atoms with van der Waals surface area (Å²) in [5.41, 5.74) is 4.02. The fourth-order valence-corrected chi connectivity index (χ4v) is 4.16. The van der Waals surface area contributed by atoms with Crippen molar-refractivity contribution in [2.24, 2.45) is 0 Å². The molecule has 0 saturated carbocycles. The zero-order chi connectivity index (χ0) is 19.7. The van der Waals surface area contributed by atoms with Crippen LogP contribution in [0.5, 0.6) is 0 Å². The average Bonchev–Trinajstić information content (AvgIpc) is 3.29. The molecule has 0 fully saturated rings. The third-order valence-corrected chi connectivity index (χ3v) is 5.89. The summed E-state index contributed by atoms with van der Waals surface area (Å²) in [5, 5.41) is 0. The van der Waals surface area contributed by atoms with E-state index < -0.39 is 0 Å². The normalized spacial score (nSPS) is 14.3. The number of imide groups is 1. The Bertz CT molecular complexity index is 1070. The number of rotatable bonds is 5. The maximum atomic E-state index is 13.3. The van der Waals surface area contributed by atoms with Gasteiger partial charge in [-0.1, -0.05) is 36.4 Å². The zero-order valence-corrected chi connectivity index (χ0v) is 16.5. The third-order valence-electron chi connectivity index (χ3n) is 4.79. The largest absolute Gasteiger partial charge is 0.468 e. The molecule has 140 valence electrons. The van der Waals surface area contributed by atoms with E-state index in [-0.39, 0.29) is 11.8 Å². The molecular formula is C23H19NO3S. The molecule has 0 unspecified atom stereocenters. The monoisotopic (exact) mass is 389 g/mol. The second-order valence-electron chi connectivity index (χ2n) is 6.65. The number of hydrogen-bond acceptors (Lipinski definition) is 4. The SMILES string of the molecule is Cc1ccc(C2=C(SCc3ccco3)C(=O)N(c3ccccc3)C2=O)cc1C. The van der Waals surface area contributed by atoms with E-state index in [4.69, 9.17) is 4.42 Å². The van der Waals surface area contributed by atoms with Crippen molar-refractivity contribution in [1.29, 1.82) is 0 Å². The highest BCUT2D eigenvalue weighted by Gasteiger charge is 2.40. The first kappa shape index (κ1) is 18.3. The first-order valence-electron chi connectivity index (χ1n) is 8.97. The first-order valence-corrected chi connectivity index (χ1v) is 9.95. The number of para-hydroxylation sites is 1. The molecule has 4 rings (SSSR count). The highest BCUT2D eigenvalue weighted by Crippen LogP contribution is 2.39. The molecule has 0 radical (unpaired) electrons. The summed E-state index contributed by atoms with van der Waals surface area (Å²) in [7, 11) is 0. The zero-order valence-electron chi connectivity index (χ0n) is 15.6. The molecule has 0 aliphatic carbocycles. The number of carbonyl (C=O) groups excluding carboxylic acids is 2. The van der Waals surface area contributed by atoms with Crippen molar-refractivity contribution in [3.05, 3.63) is 94.3 Å². The van der Waals surface area contributed by atoms with Crippen LogP contribution in [0.2, 0.25) is 0 Å². The Kier molecular flexibility index (Phi) is 4.92. The van der Waals surface area contributed by atoms with E-state index in [0.29, 0.717) is 21.9 Å². The number of furan rings is 1. The molecule has 0 spiro atoms. The molecule has 0 saturated heterocycles. The van der Waals surface area contributed by atoms with Crippen LogP contribution in [0.25, 0.3) is 5.57 Å². The molecule has 2 amide bonds. The van der Waals surface area contributed by atoms with E-state index >= 15 is 0 Å². The molecular weight excluding hydrogens is 370 g/mol. The second-order valence-corrected chi connectivity index (χ2v) is 7.64. The van der Waals surface area contributed by atoms with Crippen LogP contribution in [0, 0.1) is 13.8 Å². The first-order chi connectivity index (χ1) is 13.6. The van der Waals surface area contributed by atoms with Gasteiger partial charge in [0.25, 0.3) is 11.8 Å². The van der Waals surface area contributed by atoms with Crippen LogP contribution in [0.4, 0.5) is 5.69 Å². The summed E-state index contributed by atoms with van der Waals surface area (Å²) in [6.45, 7) is 4.03. The van der Waals surface area contributed by atoms with E-state index in [1.54, 1.807) is 18.4 Å². The molecule has 3 aromatic rings. The molecule has 4 nitrogen and oxygen atoms in total. The minimum Gasteiger partial charge on any atom is -0.468 e. The van der Waals surface area contributed by atoms with Gasteiger partial charge in [0.05, 0.1) is 28.2 Å². The number of aryl methyl sites for hydroxylation is 2. The van der Waals surface area contributed by atoms with Crippen LogP contribution in [0.1, 0.15) is 22.5 Å². The van der Waals surface area contributed by atoms with Crippen LogP contribution in [-0.2, 0) is 15.3 Å². The van der Waals surface area contributed by atoms with Gasteiger partial charge in [-0.2, -0.15) is 0 Å². The molecule has 2 aromatic carbocycles. The fraction of sp³-hybridized carbons (Fsp3) is 0.130. The van der Waals surface area contributed by atoms with E-state index in [0.717, 1.165) is 22.5 Å². The standard InChI is InChI=1S/C23H19NO3S/c1-15-10-11-17(13-16(15)2)20-21(28-14-19-9-6-12-27-19)23(26)24(22(20)25)18-7-4-3-5-8-18/h3-13H,14H2,1-2H3. The lowest BCUT2D eigenvalue weighted by Gasteiger charge is -2.15. The lowest BCUT2D eigenvalue weighted by molar-refractivity contribution is -0.119. The van der Waals surface area contributed by atoms with Crippen LogP contribution in [0.3, 0.4) is 0 Å². The van der Waals surface area contributed by atoms with Crippen molar-refractivity contribution in [3.8, 4) is 0 Å². The Balaban J connectivity index is 1.78. The number of nitrogens with zero attached hydrogens (tertiary/aromatic N) is 1. The highest BCUT2D eigenvalue weighted by atomic mass is 32.2. The third kappa shape index (κ3) is 3.29. The number of benzene rings is 2. The average molecular weight is 389 g/mol. The lowest BCUT2D eigenvalue weighted by atomic mass is 10.0. The van der Waals surface area contributed by atoms with E-state index in [2.05, 4.69) is 0 Å². The minimum absolute atomic E-state index is 0.290. The van der Waals surface area contributed by atoms with Gasteiger partial charge in [-0.3, -0.25) is 9.59 Å². The summed E-state index contributed by atoms with van der Waals surface area (Å²) in [5.74, 6) is 0.663. The summed E-state index contributed by atoms with van der Waals surface area (Å²) in [4.78, 5) is 28.2. The Morgan fingerprint density at radius 2 is 1.68 bits per heavy atom. The van der Waals surface area contributed by atoms with Crippen LogP contribution in [0.15, 0.2) is 76.2 Å². The topological polar surface area (TPSA) is 50.5 Å². The predicted octanol–water partition coefficient (Wildman–Crippen LogP) is 5.11. The Hall–Kier alpha value is -3.05. The van der Waals surface area contributed by atoms with Gasteiger partial charge in [0, 0.05) is 0 Å². The van der Waals surface area contributed by atoms with Crippen LogP contribution < -0.4 is 4.90 Å². The maximum Gasteiger partial charge on any atom is 0.272 e. The number of hydrogen-bond donors (Lipinski definition) is 0. The van der Waals surface area contributed by atoms with Crippen molar-refractivity contribution in [2.45, 2.75) is 19.6 Å². The summed E-state index contributed by atoms with van der Waals surface area (Å²) in [6, 6.07) is 18.6. The molecule has 0 atom stereocenters. The van der Waals surface area contributed by atoms with Crippen molar-refractivity contribution in [2.75, 3.05) is 4.90 Å². The van der Waals surface area contributed by atoms with Gasteiger partial charge in [0.15, 0.2) is 0 Å². The van der Waals surface area contributed by atoms with Crippen molar-refractivity contribution in [1.82, 2.24) is 0 Å².